The van der Waals surface area contributed by atoms with Crippen LogP contribution in [0.4, 0.5) is 8.78 Å². The van der Waals surface area contributed by atoms with Gasteiger partial charge in [0.15, 0.2) is 22.8 Å². The molecule has 0 bridgehead atoms. The predicted octanol–water partition coefficient (Wildman–Crippen LogP) is 4.26. The normalized spacial score (nSPS) is 51.9. The molecule has 3 saturated carbocycles. The summed E-state index contributed by atoms with van der Waals surface area (Å²) < 4.78 is 45.2. The SMILES string of the molecule is CC1(C)O[C@@H]2C[C@H]3[C@@H]4C[C@H](F)C5=CC(=O)C=C[C@]5(C)[C@@]4(F)[C@@H](O)C[C@]3(C)[C@]2(C(=O)SCCl)O1. The van der Waals surface area contributed by atoms with Crippen molar-refractivity contribution in [1.82, 2.24) is 0 Å². The highest BCUT2D eigenvalue weighted by molar-refractivity contribution is 8.14. The van der Waals surface area contributed by atoms with Crippen molar-refractivity contribution in [3.05, 3.63) is 23.8 Å². The number of ketones is 1. The number of allylic oxidation sites excluding steroid dienone is 4. The maximum Gasteiger partial charge on any atom is 0.225 e. The van der Waals surface area contributed by atoms with E-state index in [9.17, 15) is 14.7 Å². The molecule has 182 valence electrons. The summed E-state index contributed by atoms with van der Waals surface area (Å²) in [7, 11) is 0. The Morgan fingerprint density at radius 2 is 1.97 bits per heavy atom. The lowest BCUT2D eigenvalue weighted by Gasteiger charge is -2.63. The highest BCUT2D eigenvalue weighted by Gasteiger charge is 2.80. The minimum absolute atomic E-state index is 0.0223. The minimum atomic E-state index is -2.21. The monoisotopic (exact) mass is 502 g/mol. The topological polar surface area (TPSA) is 72.8 Å². The molecule has 5 rings (SSSR count). The van der Waals surface area contributed by atoms with Crippen LogP contribution in [-0.2, 0) is 19.1 Å². The van der Waals surface area contributed by atoms with E-state index in [0.29, 0.717) is 6.42 Å². The van der Waals surface area contributed by atoms with Gasteiger partial charge in [0.2, 0.25) is 5.12 Å². The third-order valence-corrected chi connectivity index (χ3v) is 10.1. The summed E-state index contributed by atoms with van der Waals surface area (Å²) >= 11 is 6.80. The minimum Gasteiger partial charge on any atom is -0.390 e. The summed E-state index contributed by atoms with van der Waals surface area (Å²) in [6.07, 6.45) is 0.202. The second kappa shape index (κ2) is 7.12. The van der Waals surface area contributed by atoms with Gasteiger partial charge in [0.1, 0.15) is 6.17 Å². The summed E-state index contributed by atoms with van der Waals surface area (Å²) in [5, 5.41) is 11.1. The first kappa shape index (κ1) is 23.9. The van der Waals surface area contributed by atoms with Crippen LogP contribution in [0.25, 0.3) is 0 Å². The number of halogens is 3. The Morgan fingerprint density at radius 1 is 1.27 bits per heavy atom. The molecule has 5 nitrogen and oxygen atoms in total. The number of hydrogen-bond acceptors (Lipinski definition) is 6. The third-order valence-electron chi connectivity index (χ3n) is 9.11. The zero-order chi connectivity index (χ0) is 24.2. The standard InChI is InChI=1S/C24H29ClF2O5S/c1-20(2)31-18-9-13-14-8-16(26)15-7-12(28)5-6-21(15,3)23(14,27)17(29)10-22(13,4)24(18,32-20)19(30)33-11-25/h5-7,13-14,16-18,29H,8-11H2,1-4H3/t13-,14-,16-,17-,18+,21-,22-,23-,24-/m0/s1. The number of carbonyl (C=O) groups is 2. The van der Waals surface area contributed by atoms with Crippen LogP contribution in [-0.4, -0.2) is 56.7 Å². The first-order valence-corrected chi connectivity index (χ1v) is 12.9. The summed E-state index contributed by atoms with van der Waals surface area (Å²) in [6.45, 7) is 6.84. The zero-order valence-electron chi connectivity index (χ0n) is 19.1. The highest BCUT2D eigenvalue weighted by Crippen LogP contribution is 2.72. The molecule has 0 spiro atoms. The fraction of sp³-hybridized carbons (Fsp3) is 0.750. The molecule has 1 heterocycles. The number of thioether (sulfide) groups is 1. The Morgan fingerprint density at radius 3 is 2.64 bits per heavy atom. The quantitative estimate of drug-likeness (QED) is 0.569. The number of hydrogen-bond donors (Lipinski definition) is 1. The van der Waals surface area contributed by atoms with Crippen molar-refractivity contribution in [3.63, 3.8) is 0 Å². The molecule has 4 fully saturated rings. The smallest absolute Gasteiger partial charge is 0.225 e. The summed E-state index contributed by atoms with van der Waals surface area (Å²) in [6, 6.07) is 0. The van der Waals surface area contributed by atoms with E-state index in [2.05, 4.69) is 0 Å². The van der Waals surface area contributed by atoms with Gasteiger partial charge in [-0.05, 0) is 63.7 Å². The van der Waals surface area contributed by atoms with Crippen LogP contribution < -0.4 is 0 Å². The molecule has 0 amide bonds. The van der Waals surface area contributed by atoms with Gasteiger partial charge in [0, 0.05) is 16.7 Å². The zero-order valence-corrected chi connectivity index (χ0v) is 20.6. The second-order valence-corrected chi connectivity index (χ2v) is 12.5. The summed E-state index contributed by atoms with van der Waals surface area (Å²) in [5.74, 6) is -2.80. The molecule has 1 aliphatic heterocycles. The largest absolute Gasteiger partial charge is 0.390 e. The molecule has 1 saturated heterocycles. The maximum atomic E-state index is 17.2. The van der Waals surface area contributed by atoms with Crippen molar-refractivity contribution in [2.75, 3.05) is 5.21 Å². The number of aliphatic hydroxyl groups excluding tert-OH is 1. The molecular weight excluding hydrogens is 474 g/mol. The van der Waals surface area contributed by atoms with Crippen LogP contribution in [0.3, 0.4) is 0 Å². The maximum absolute atomic E-state index is 17.2. The molecule has 0 aromatic heterocycles. The molecule has 0 unspecified atom stereocenters. The van der Waals surface area contributed by atoms with Crippen molar-refractivity contribution < 1.29 is 33.0 Å². The molecule has 33 heavy (non-hydrogen) atoms. The number of rotatable bonds is 2. The molecule has 9 atom stereocenters. The van der Waals surface area contributed by atoms with Gasteiger partial charge < -0.3 is 14.6 Å². The first-order valence-electron chi connectivity index (χ1n) is 11.3. The van der Waals surface area contributed by atoms with Crippen molar-refractivity contribution in [2.45, 2.75) is 82.4 Å². The van der Waals surface area contributed by atoms with Crippen LogP contribution in [0.5, 0.6) is 0 Å². The van der Waals surface area contributed by atoms with E-state index in [1.807, 2.05) is 6.92 Å². The molecule has 9 heteroatoms. The first-order chi connectivity index (χ1) is 15.3. The Hall–Kier alpha value is -0.800. The number of alkyl halides is 3. The number of ether oxygens (including phenoxy) is 2. The van der Waals surface area contributed by atoms with Crippen molar-refractivity contribution in [3.8, 4) is 0 Å². The lowest BCUT2D eigenvalue weighted by Crippen LogP contribution is -2.70. The van der Waals surface area contributed by atoms with Crippen molar-refractivity contribution >= 4 is 34.3 Å². The van der Waals surface area contributed by atoms with Gasteiger partial charge in [-0.15, -0.1) is 11.6 Å². The number of carbonyl (C=O) groups excluding carboxylic acids is 2. The molecule has 0 aromatic rings. The van der Waals surface area contributed by atoms with Crippen LogP contribution in [0.2, 0.25) is 0 Å². The fourth-order valence-corrected chi connectivity index (χ4v) is 8.83. The van der Waals surface area contributed by atoms with E-state index in [1.165, 1.54) is 18.2 Å². The van der Waals surface area contributed by atoms with E-state index < -0.39 is 58.1 Å². The van der Waals surface area contributed by atoms with Crippen LogP contribution in [0.1, 0.15) is 47.0 Å². The van der Waals surface area contributed by atoms with Crippen LogP contribution >= 0.6 is 23.4 Å². The van der Waals surface area contributed by atoms with E-state index in [0.717, 1.165) is 11.8 Å². The highest BCUT2D eigenvalue weighted by atomic mass is 35.5. The van der Waals surface area contributed by atoms with Crippen molar-refractivity contribution in [1.29, 1.82) is 0 Å². The van der Waals surface area contributed by atoms with Crippen molar-refractivity contribution in [2.24, 2.45) is 22.7 Å². The summed E-state index contributed by atoms with van der Waals surface area (Å²) in [4.78, 5) is 25.5. The molecule has 4 aliphatic carbocycles. The average Bonchev–Trinajstić information content (AvgIpc) is 3.13. The second-order valence-electron chi connectivity index (χ2n) is 11.0. The molecule has 0 aromatic carbocycles. The predicted molar refractivity (Wildman–Crippen MR) is 120 cm³/mol. The fourth-order valence-electron chi connectivity index (χ4n) is 7.81. The van der Waals surface area contributed by atoms with Gasteiger partial charge in [-0.2, -0.15) is 0 Å². The van der Waals surface area contributed by atoms with Gasteiger partial charge in [-0.3, -0.25) is 9.59 Å². The number of aliphatic hydroxyl groups is 1. The lowest BCUT2D eigenvalue weighted by atomic mass is 9.44. The van der Waals surface area contributed by atoms with Crippen LogP contribution in [0.15, 0.2) is 23.8 Å². The Kier molecular flexibility index (Phi) is 5.16. The Bertz CT molecular complexity index is 986. The summed E-state index contributed by atoms with van der Waals surface area (Å²) in [5.41, 5.74) is -6.02. The lowest BCUT2D eigenvalue weighted by molar-refractivity contribution is -0.246. The van der Waals surface area contributed by atoms with E-state index in [1.54, 1.807) is 20.8 Å². The number of fused-ring (bicyclic) bond motifs is 7. The van der Waals surface area contributed by atoms with Gasteiger partial charge in [0.05, 0.1) is 17.4 Å². The van der Waals surface area contributed by atoms with Gasteiger partial charge in [0.25, 0.3) is 0 Å². The van der Waals surface area contributed by atoms with E-state index in [4.69, 9.17) is 21.1 Å². The Balaban J connectivity index is 1.65. The average molecular weight is 503 g/mol. The third kappa shape index (κ3) is 2.76. The molecular formula is C24H29ClF2O5S. The molecule has 5 aliphatic rings. The van der Waals surface area contributed by atoms with E-state index >= 15 is 8.78 Å². The Labute approximate surface area is 201 Å². The molecule has 0 radical (unpaired) electrons. The van der Waals surface area contributed by atoms with Gasteiger partial charge in [-0.25, -0.2) is 8.78 Å². The van der Waals surface area contributed by atoms with Gasteiger partial charge in [-0.1, -0.05) is 24.8 Å². The molecule has 1 N–H and O–H groups in total. The van der Waals surface area contributed by atoms with Crippen LogP contribution in [0, 0.1) is 22.7 Å². The van der Waals surface area contributed by atoms with Gasteiger partial charge >= 0.3 is 0 Å². The van der Waals surface area contributed by atoms with E-state index in [-0.39, 0.29) is 34.5 Å².